The lowest BCUT2D eigenvalue weighted by atomic mass is 10.2. The Labute approximate surface area is 146 Å². The van der Waals surface area contributed by atoms with E-state index in [1.807, 2.05) is 0 Å². The van der Waals surface area contributed by atoms with Gasteiger partial charge in [-0.1, -0.05) is 19.1 Å². The zero-order valence-electron chi connectivity index (χ0n) is 13.8. The molecule has 0 bridgehead atoms. The molecular weight excluding hydrogens is 345 g/mol. The second-order valence-corrected chi connectivity index (χ2v) is 5.15. The van der Waals surface area contributed by atoms with Gasteiger partial charge in [-0.25, -0.2) is 0 Å². The van der Waals surface area contributed by atoms with Gasteiger partial charge in [0.25, 0.3) is 0 Å². The van der Waals surface area contributed by atoms with Crippen LogP contribution in [0, 0.1) is 0 Å². The Morgan fingerprint density at radius 3 is 2.54 bits per heavy atom. The zero-order chi connectivity index (χ0) is 17.3. The number of para-hydroxylation sites is 1. The van der Waals surface area contributed by atoms with Crippen molar-refractivity contribution in [2.75, 3.05) is 20.1 Å². The third-order valence-corrected chi connectivity index (χ3v) is 3.30. The molecule has 138 valence electrons. The van der Waals surface area contributed by atoms with E-state index in [0.29, 0.717) is 19.3 Å². The quantitative estimate of drug-likeness (QED) is 0.657. The molecule has 0 fully saturated rings. The normalized spacial score (nSPS) is 12.2. The average Bonchev–Trinajstić information content (AvgIpc) is 2.51. The molecule has 1 aromatic rings. The molecule has 0 spiro atoms. The highest BCUT2D eigenvalue weighted by molar-refractivity contribution is 5.85. The number of carbonyl (C=O) groups excluding carboxylic acids is 1. The van der Waals surface area contributed by atoms with E-state index in [4.69, 9.17) is 4.74 Å². The maximum atomic E-state index is 12.9. The second-order valence-electron chi connectivity index (χ2n) is 5.15. The summed E-state index contributed by atoms with van der Waals surface area (Å²) in [6.07, 6.45) is -3.41. The first-order chi connectivity index (χ1) is 10.9. The largest absolute Gasteiger partial charge is 0.488 e. The Morgan fingerprint density at radius 1 is 1.29 bits per heavy atom. The minimum absolute atomic E-state index is 0. The molecule has 0 heterocycles. The molecule has 24 heavy (non-hydrogen) atoms. The highest BCUT2D eigenvalue weighted by Crippen LogP contribution is 2.36. The minimum Gasteiger partial charge on any atom is -0.488 e. The lowest BCUT2D eigenvalue weighted by Gasteiger charge is -2.21. The SMILES string of the molecule is CCC(CNC(=O)CCCNC)Oc1ccccc1C(F)(F)F.Cl. The summed E-state index contributed by atoms with van der Waals surface area (Å²) < 4.78 is 44.3. The van der Waals surface area contributed by atoms with Crippen LogP contribution >= 0.6 is 12.4 Å². The van der Waals surface area contributed by atoms with E-state index >= 15 is 0 Å². The smallest absolute Gasteiger partial charge is 0.419 e. The third-order valence-electron chi connectivity index (χ3n) is 3.30. The van der Waals surface area contributed by atoms with Crippen LogP contribution in [0.1, 0.15) is 31.7 Å². The van der Waals surface area contributed by atoms with Crippen LogP contribution in [0.2, 0.25) is 0 Å². The summed E-state index contributed by atoms with van der Waals surface area (Å²) in [5, 5.41) is 5.64. The molecule has 0 aromatic heterocycles. The van der Waals surface area contributed by atoms with Crippen molar-refractivity contribution in [1.29, 1.82) is 0 Å². The molecule has 0 aliphatic rings. The van der Waals surface area contributed by atoms with Gasteiger partial charge >= 0.3 is 6.18 Å². The topological polar surface area (TPSA) is 50.4 Å². The summed E-state index contributed by atoms with van der Waals surface area (Å²) in [6.45, 7) is 2.72. The number of amides is 1. The van der Waals surface area contributed by atoms with Gasteiger partial charge < -0.3 is 15.4 Å². The molecule has 4 nitrogen and oxygen atoms in total. The van der Waals surface area contributed by atoms with Gasteiger partial charge in [-0.2, -0.15) is 13.2 Å². The highest BCUT2D eigenvalue weighted by Gasteiger charge is 2.34. The second kappa shape index (κ2) is 11.1. The van der Waals surface area contributed by atoms with Crippen LogP contribution in [-0.4, -0.2) is 32.1 Å². The first-order valence-electron chi connectivity index (χ1n) is 7.62. The van der Waals surface area contributed by atoms with Crippen molar-refractivity contribution in [1.82, 2.24) is 10.6 Å². The maximum absolute atomic E-state index is 12.9. The van der Waals surface area contributed by atoms with Crippen molar-refractivity contribution >= 4 is 18.3 Å². The van der Waals surface area contributed by atoms with Gasteiger partial charge in [0.2, 0.25) is 5.91 Å². The molecule has 0 saturated heterocycles. The summed E-state index contributed by atoms with van der Waals surface area (Å²) >= 11 is 0. The highest BCUT2D eigenvalue weighted by atomic mass is 35.5. The van der Waals surface area contributed by atoms with Gasteiger partial charge in [0.15, 0.2) is 0 Å². The van der Waals surface area contributed by atoms with E-state index in [2.05, 4.69) is 10.6 Å². The summed E-state index contributed by atoms with van der Waals surface area (Å²) in [5.74, 6) is -0.345. The van der Waals surface area contributed by atoms with Crippen molar-refractivity contribution in [2.45, 2.75) is 38.5 Å². The van der Waals surface area contributed by atoms with Gasteiger partial charge in [0.1, 0.15) is 11.9 Å². The Bertz CT molecular complexity index is 498. The summed E-state index contributed by atoms with van der Waals surface area (Å²) in [4.78, 5) is 11.6. The van der Waals surface area contributed by atoms with E-state index in [0.717, 1.165) is 12.6 Å². The number of nitrogens with one attached hydrogen (secondary N) is 2. The number of carbonyl (C=O) groups is 1. The Hall–Kier alpha value is -1.47. The van der Waals surface area contributed by atoms with E-state index < -0.39 is 17.8 Å². The van der Waals surface area contributed by atoms with Crippen molar-refractivity contribution in [3.8, 4) is 5.75 Å². The number of hydrogen-bond acceptors (Lipinski definition) is 3. The lowest BCUT2D eigenvalue weighted by Crippen LogP contribution is -2.35. The van der Waals surface area contributed by atoms with E-state index in [9.17, 15) is 18.0 Å². The molecule has 1 atom stereocenters. The lowest BCUT2D eigenvalue weighted by molar-refractivity contribution is -0.139. The Balaban J connectivity index is 0.00000529. The fourth-order valence-electron chi connectivity index (χ4n) is 1.99. The fourth-order valence-corrected chi connectivity index (χ4v) is 1.99. The summed E-state index contributed by atoms with van der Waals surface area (Å²) in [6, 6.07) is 5.09. The first kappa shape index (κ1) is 22.5. The average molecular weight is 369 g/mol. The summed E-state index contributed by atoms with van der Waals surface area (Å²) in [5.41, 5.74) is -0.807. The molecule has 0 aliphatic heterocycles. The van der Waals surface area contributed by atoms with Crippen LogP contribution in [0.3, 0.4) is 0 Å². The van der Waals surface area contributed by atoms with E-state index in [1.54, 1.807) is 14.0 Å². The van der Waals surface area contributed by atoms with Crippen molar-refractivity contribution in [3.63, 3.8) is 0 Å². The van der Waals surface area contributed by atoms with E-state index in [-0.39, 0.29) is 30.6 Å². The van der Waals surface area contributed by atoms with Crippen LogP contribution < -0.4 is 15.4 Å². The first-order valence-corrected chi connectivity index (χ1v) is 7.62. The molecule has 8 heteroatoms. The van der Waals surface area contributed by atoms with Gasteiger partial charge in [-0.05, 0) is 38.6 Å². The Kier molecular flexibility index (Phi) is 10.5. The number of ether oxygens (including phenoxy) is 1. The molecule has 2 N–H and O–H groups in total. The number of benzene rings is 1. The fraction of sp³-hybridized carbons (Fsp3) is 0.562. The molecule has 1 rings (SSSR count). The molecule has 0 aliphatic carbocycles. The van der Waals surface area contributed by atoms with Gasteiger partial charge in [-0.15, -0.1) is 12.4 Å². The van der Waals surface area contributed by atoms with Gasteiger partial charge in [-0.3, -0.25) is 4.79 Å². The van der Waals surface area contributed by atoms with Crippen LogP contribution in [0.15, 0.2) is 24.3 Å². The predicted molar refractivity (Wildman–Crippen MR) is 89.6 cm³/mol. The summed E-state index contributed by atoms with van der Waals surface area (Å²) in [7, 11) is 1.80. The molecule has 0 saturated carbocycles. The molecule has 1 aromatic carbocycles. The maximum Gasteiger partial charge on any atom is 0.419 e. The zero-order valence-corrected chi connectivity index (χ0v) is 14.6. The minimum atomic E-state index is -4.47. The van der Waals surface area contributed by atoms with Gasteiger partial charge in [0, 0.05) is 6.42 Å². The molecule has 1 unspecified atom stereocenters. The van der Waals surface area contributed by atoms with Crippen molar-refractivity contribution in [3.05, 3.63) is 29.8 Å². The molecule has 1 amide bonds. The van der Waals surface area contributed by atoms with Crippen LogP contribution in [0.5, 0.6) is 5.75 Å². The number of halogens is 4. The number of rotatable bonds is 9. The predicted octanol–water partition coefficient (Wildman–Crippen LogP) is 3.40. The van der Waals surface area contributed by atoms with Crippen molar-refractivity contribution < 1.29 is 22.7 Å². The standard InChI is InChI=1S/C16H23F3N2O2.ClH/c1-3-12(11-21-15(22)9-6-10-20-2)23-14-8-5-4-7-13(14)16(17,18)19;/h4-5,7-8,12,20H,3,6,9-11H2,1-2H3,(H,21,22);1H. The number of alkyl halides is 3. The van der Waals surface area contributed by atoms with Crippen LogP contribution in [0.4, 0.5) is 13.2 Å². The van der Waals surface area contributed by atoms with Crippen molar-refractivity contribution in [2.24, 2.45) is 0 Å². The van der Waals surface area contributed by atoms with E-state index in [1.165, 1.54) is 18.2 Å². The van der Waals surface area contributed by atoms with Crippen LogP contribution in [-0.2, 0) is 11.0 Å². The molecular formula is C16H24ClF3N2O2. The van der Waals surface area contributed by atoms with Gasteiger partial charge in [0.05, 0.1) is 12.1 Å². The Morgan fingerprint density at radius 2 is 1.96 bits per heavy atom. The number of hydrogen-bond donors (Lipinski definition) is 2. The molecule has 0 radical (unpaired) electrons. The monoisotopic (exact) mass is 368 g/mol. The third kappa shape index (κ3) is 7.88. The van der Waals surface area contributed by atoms with Crippen LogP contribution in [0.25, 0.3) is 0 Å².